The van der Waals surface area contributed by atoms with E-state index in [2.05, 4.69) is 58.1 Å². The fraction of sp³-hybridized carbons (Fsp3) is 0.700. The maximum atomic E-state index is 3.52. The topological polar surface area (TPSA) is 12.0 Å². The summed E-state index contributed by atoms with van der Waals surface area (Å²) in [6.07, 6.45) is 7.28. The van der Waals surface area contributed by atoms with Crippen molar-refractivity contribution in [1.29, 1.82) is 0 Å². The summed E-state index contributed by atoms with van der Waals surface area (Å²) in [5.41, 5.74) is 5.00. The van der Waals surface area contributed by atoms with Crippen LogP contribution in [0.5, 0.6) is 0 Å². The summed E-state index contributed by atoms with van der Waals surface area (Å²) in [5, 5.41) is 3.52. The second kappa shape index (κ2) is 9.25. The lowest BCUT2D eigenvalue weighted by atomic mass is 9.82. The zero-order valence-corrected chi connectivity index (χ0v) is 14.9. The van der Waals surface area contributed by atoms with E-state index in [0.29, 0.717) is 5.41 Å². The van der Waals surface area contributed by atoms with Crippen molar-refractivity contribution in [2.75, 3.05) is 13.1 Å². The number of hydrogen-bond acceptors (Lipinski definition) is 1. The molecule has 0 saturated carbocycles. The van der Waals surface area contributed by atoms with E-state index in [1.807, 2.05) is 0 Å². The molecule has 0 saturated heterocycles. The molecule has 1 aromatic rings. The molecule has 0 amide bonds. The fourth-order valence-electron chi connectivity index (χ4n) is 2.85. The molecule has 120 valence electrons. The van der Waals surface area contributed by atoms with Crippen molar-refractivity contribution in [2.24, 2.45) is 5.41 Å². The van der Waals surface area contributed by atoms with Gasteiger partial charge in [-0.15, -0.1) is 0 Å². The number of hydrogen-bond donors (Lipinski definition) is 1. The molecule has 0 unspecified atom stereocenters. The first-order valence-corrected chi connectivity index (χ1v) is 8.83. The van der Waals surface area contributed by atoms with E-state index in [-0.39, 0.29) is 0 Å². The highest BCUT2D eigenvalue weighted by atomic mass is 14.8. The Morgan fingerprint density at radius 3 is 2.24 bits per heavy atom. The lowest BCUT2D eigenvalue weighted by Gasteiger charge is -2.25. The van der Waals surface area contributed by atoms with Crippen LogP contribution in [0, 0.1) is 5.41 Å². The summed E-state index contributed by atoms with van der Waals surface area (Å²) >= 11 is 0. The molecule has 0 aliphatic rings. The Kier molecular flexibility index (Phi) is 8.03. The molecule has 0 bridgehead atoms. The second-order valence-corrected chi connectivity index (χ2v) is 6.97. The molecule has 0 aliphatic heterocycles. The van der Waals surface area contributed by atoms with Gasteiger partial charge in [0.2, 0.25) is 0 Å². The fourth-order valence-corrected chi connectivity index (χ4v) is 2.85. The first-order valence-electron chi connectivity index (χ1n) is 8.83. The monoisotopic (exact) mass is 289 g/mol. The van der Waals surface area contributed by atoms with Gasteiger partial charge in [0.05, 0.1) is 0 Å². The van der Waals surface area contributed by atoms with Crippen LogP contribution in [-0.4, -0.2) is 13.1 Å². The maximum absolute atomic E-state index is 3.52. The number of benzene rings is 1. The summed E-state index contributed by atoms with van der Waals surface area (Å²) in [7, 11) is 0. The van der Waals surface area contributed by atoms with Gasteiger partial charge in [-0.25, -0.2) is 0 Å². The van der Waals surface area contributed by atoms with Crippen LogP contribution < -0.4 is 5.32 Å². The highest BCUT2D eigenvalue weighted by molar-refractivity contribution is 5.32. The van der Waals surface area contributed by atoms with Crippen LogP contribution in [0.25, 0.3) is 0 Å². The van der Waals surface area contributed by atoms with Gasteiger partial charge in [-0.3, -0.25) is 0 Å². The Hall–Kier alpha value is -0.820. The van der Waals surface area contributed by atoms with Crippen LogP contribution in [0.3, 0.4) is 0 Å². The van der Waals surface area contributed by atoms with Crippen LogP contribution >= 0.6 is 0 Å². The molecule has 1 heteroatoms. The second-order valence-electron chi connectivity index (χ2n) is 6.97. The van der Waals surface area contributed by atoms with Gasteiger partial charge in [0, 0.05) is 0 Å². The molecule has 0 heterocycles. The molecule has 1 rings (SSSR count). The normalized spacial score (nSPS) is 11.9. The van der Waals surface area contributed by atoms with Crippen molar-refractivity contribution in [3.63, 3.8) is 0 Å². The van der Waals surface area contributed by atoms with Crippen molar-refractivity contribution < 1.29 is 0 Å². The minimum Gasteiger partial charge on any atom is -0.317 e. The Labute approximate surface area is 132 Å². The lowest BCUT2D eigenvalue weighted by molar-refractivity contribution is 0.302. The van der Waals surface area contributed by atoms with Gasteiger partial charge in [-0.1, -0.05) is 52.8 Å². The van der Waals surface area contributed by atoms with E-state index in [9.17, 15) is 0 Å². The SMILES string of the molecule is CCCNCCC(C)(C)CCc1ccc(CC)c(CC)c1. The summed E-state index contributed by atoms with van der Waals surface area (Å²) in [6.45, 7) is 13.8. The molecule has 1 N–H and O–H groups in total. The third-order valence-corrected chi connectivity index (χ3v) is 4.53. The number of rotatable bonds is 10. The third kappa shape index (κ3) is 6.65. The average Bonchev–Trinajstić information content (AvgIpc) is 2.49. The van der Waals surface area contributed by atoms with Crippen LogP contribution in [0.2, 0.25) is 0 Å². The molecular formula is C20H35N. The predicted octanol–water partition coefficient (Wildman–Crippen LogP) is 5.16. The molecule has 21 heavy (non-hydrogen) atoms. The minimum atomic E-state index is 0.427. The Morgan fingerprint density at radius 1 is 0.905 bits per heavy atom. The molecule has 0 fully saturated rings. The Bertz CT molecular complexity index is 406. The number of nitrogens with one attached hydrogen (secondary N) is 1. The summed E-state index contributed by atoms with van der Waals surface area (Å²) in [5.74, 6) is 0. The van der Waals surface area contributed by atoms with E-state index >= 15 is 0 Å². The van der Waals surface area contributed by atoms with E-state index in [1.54, 1.807) is 0 Å². The van der Waals surface area contributed by atoms with Gasteiger partial charge >= 0.3 is 0 Å². The van der Waals surface area contributed by atoms with Gasteiger partial charge in [0.25, 0.3) is 0 Å². The zero-order chi connectivity index (χ0) is 15.7. The summed E-state index contributed by atoms with van der Waals surface area (Å²) in [4.78, 5) is 0. The third-order valence-electron chi connectivity index (χ3n) is 4.53. The van der Waals surface area contributed by atoms with Crippen molar-refractivity contribution >= 4 is 0 Å². The van der Waals surface area contributed by atoms with Gasteiger partial charge in [-0.05, 0) is 73.7 Å². The highest BCUT2D eigenvalue weighted by Crippen LogP contribution is 2.27. The van der Waals surface area contributed by atoms with Gasteiger partial charge in [0.1, 0.15) is 0 Å². The van der Waals surface area contributed by atoms with Crippen molar-refractivity contribution in [3.05, 3.63) is 34.9 Å². The number of aryl methyl sites for hydroxylation is 3. The minimum absolute atomic E-state index is 0.427. The average molecular weight is 290 g/mol. The van der Waals surface area contributed by atoms with Crippen LogP contribution in [0.4, 0.5) is 0 Å². The molecule has 0 aromatic heterocycles. The van der Waals surface area contributed by atoms with Crippen LogP contribution in [0.1, 0.15) is 70.6 Å². The summed E-state index contributed by atoms with van der Waals surface area (Å²) in [6, 6.07) is 7.11. The Morgan fingerprint density at radius 2 is 1.62 bits per heavy atom. The van der Waals surface area contributed by atoms with Crippen LogP contribution in [-0.2, 0) is 19.3 Å². The highest BCUT2D eigenvalue weighted by Gasteiger charge is 2.17. The maximum Gasteiger partial charge on any atom is -0.00438 e. The lowest BCUT2D eigenvalue weighted by Crippen LogP contribution is -2.23. The van der Waals surface area contributed by atoms with E-state index < -0.39 is 0 Å². The summed E-state index contributed by atoms with van der Waals surface area (Å²) < 4.78 is 0. The molecule has 1 aromatic carbocycles. The van der Waals surface area contributed by atoms with Crippen molar-refractivity contribution in [3.8, 4) is 0 Å². The first-order chi connectivity index (χ1) is 10.0. The molecule has 0 atom stereocenters. The van der Waals surface area contributed by atoms with E-state index in [0.717, 1.165) is 25.9 Å². The molecular weight excluding hydrogens is 254 g/mol. The molecule has 0 radical (unpaired) electrons. The Balaban J connectivity index is 2.49. The smallest absolute Gasteiger partial charge is 0.00438 e. The van der Waals surface area contributed by atoms with Gasteiger partial charge in [0.15, 0.2) is 0 Å². The van der Waals surface area contributed by atoms with Gasteiger partial charge < -0.3 is 5.32 Å². The first kappa shape index (κ1) is 18.2. The quantitative estimate of drug-likeness (QED) is 0.587. The molecule has 0 spiro atoms. The predicted molar refractivity (Wildman–Crippen MR) is 95.1 cm³/mol. The van der Waals surface area contributed by atoms with Crippen molar-refractivity contribution in [1.82, 2.24) is 5.32 Å². The van der Waals surface area contributed by atoms with E-state index in [1.165, 1.54) is 42.4 Å². The standard InChI is InChI=1S/C20H35N/c1-6-14-21-15-13-20(4,5)12-11-17-9-10-18(7-2)19(8-3)16-17/h9-10,16,21H,6-8,11-15H2,1-5H3. The van der Waals surface area contributed by atoms with E-state index in [4.69, 9.17) is 0 Å². The van der Waals surface area contributed by atoms with Crippen molar-refractivity contribution in [2.45, 2.75) is 73.1 Å². The largest absolute Gasteiger partial charge is 0.317 e. The molecule has 0 aliphatic carbocycles. The van der Waals surface area contributed by atoms with Gasteiger partial charge in [-0.2, -0.15) is 0 Å². The van der Waals surface area contributed by atoms with Crippen LogP contribution in [0.15, 0.2) is 18.2 Å². The zero-order valence-electron chi connectivity index (χ0n) is 14.9. The molecule has 1 nitrogen and oxygen atoms in total.